The van der Waals surface area contributed by atoms with Crippen molar-refractivity contribution in [3.05, 3.63) is 35.9 Å². The van der Waals surface area contributed by atoms with Gasteiger partial charge in [0.1, 0.15) is 6.61 Å². The molecule has 0 radical (unpaired) electrons. The highest BCUT2D eigenvalue weighted by molar-refractivity contribution is 5.68. The summed E-state index contributed by atoms with van der Waals surface area (Å²) in [6, 6.07) is 10.5. The van der Waals surface area contributed by atoms with Crippen LogP contribution in [-0.4, -0.2) is 24.7 Å². The van der Waals surface area contributed by atoms with Crippen molar-refractivity contribution < 1.29 is 9.53 Å². The Hall–Kier alpha value is -1.55. The van der Waals surface area contributed by atoms with E-state index in [9.17, 15) is 4.79 Å². The third kappa shape index (κ3) is 2.13. The number of rotatable bonds is 3. The molecule has 90 valence electrons. The van der Waals surface area contributed by atoms with E-state index in [2.05, 4.69) is 10.6 Å². The molecule has 3 aliphatic rings. The maximum absolute atomic E-state index is 11.6. The molecule has 17 heavy (non-hydrogen) atoms. The quantitative estimate of drug-likeness (QED) is 0.825. The van der Waals surface area contributed by atoms with Crippen LogP contribution in [0.2, 0.25) is 0 Å². The number of nitrogens with one attached hydrogen (secondary N) is 2. The second kappa shape index (κ2) is 4.37. The van der Waals surface area contributed by atoms with Gasteiger partial charge in [0.25, 0.3) is 0 Å². The zero-order chi connectivity index (χ0) is 11.7. The van der Waals surface area contributed by atoms with Gasteiger partial charge in [-0.3, -0.25) is 0 Å². The van der Waals surface area contributed by atoms with E-state index in [1.54, 1.807) is 0 Å². The molecular weight excluding hydrogens is 216 g/mol. The Morgan fingerprint density at radius 3 is 2.88 bits per heavy atom. The molecule has 1 saturated carbocycles. The van der Waals surface area contributed by atoms with E-state index in [0.29, 0.717) is 18.6 Å². The standard InChI is InChI=1S/C13H16N2O2/c16-13(15-12-10-6-11(12)14-7-10)17-8-9-4-2-1-3-5-9/h1-5,10-12,14H,6-8H2,(H,15,16). The highest BCUT2D eigenvalue weighted by atomic mass is 16.5. The molecule has 2 bridgehead atoms. The summed E-state index contributed by atoms with van der Waals surface area (Å²) >= 11 is 0. The summed E-state index contributed by atoms with van der Waals surface area (Å²) in [5.41, 5.74) is 1.01. The monoisotopic (exact) mass is 232 g/mol. The summed E-state index contributed by atoms with van der Waals surface area (Å²) < 4.78 is 5.18. The summed E-state index contributed by atoms with van der Waals surface area (Å²) in [4.78, 5) is 11.6. The van der Waals surface area contributed by atoms with Gasteiger partial charge < -0.3 is 15.4 Å². The van der Waals surface area contributed by atoms with Crippen LogP contribution in [0.4, 0.5) is 4.79 Å². The fourth-order valence-corrected chi connectivity index (χ4v) is 2.59. The molecule has 4 rings (SSSR count). The first kappa shape index (κ1) is 10.6. The van der Waals surface area contributed by atoms with Crippen molar-refractivity contribution in [1.82, 2.24) is 10.6 Å². The lowest BCUT2D eigenvalue weighted by atomic mass is 9.80. The van der Waals surface area contributed by atoms with Gasteiger partial charge in [0.15, 0.2) is 0 Å². The summed E-state index contributed by atoms with van der Waals surface area (Å²) in [6.45, 7) is 1.36. The first-order valence-corrected chi connectivity index (χ1v) is 6.03. The SMILES string of the molecule is O=C(NC1C2CNC1C2)OCc1ccccc1. The largest absolute Gasteiger partial charge is 0.445 e. The van der Waals surface area contributed by atoms with Crippen molar-refractivity contribution >= 4 is 6.09 Å². The maximum Gasteiger partial charge on any atom is 0.407 e. The average Bonchev–Trinajstić information content (AvgIpc) is 2.98. The second-order valence-corrected chi connectivity index (χ2v) is 4.74. The lowest BCUT2D eigenvalue weighted by Crippen LogP contribution is -2.54. The fourth-order valence-electron chi connectivity index (χ4n) is 2.59. The second-order valence-electron chi connectivity index (χ2n) is 4.74. The van der Waals surface area contributed by atoms with Gasteiger partial charge in [0.05, 0.1) is 6.04 Å². The maximum atomic E-state index is 11.6. The van der Waals surface area contributed by atoms with Crippen LogP contribution >= 0.6 is 0 Å². The summed E-state index contributed by atoms with van der Waals surface area (Å²) in [5, 5.41) is 6.28. The molecule has 2 saturated heterocycles. The highest BCUT2D eigenvalue weighted by Gasteiger charge is 2.47. The van der Waals surface area contributed by atoms with Crippen LogP contribution in [0.3, 0.4) is 0 Å². The molecule has 2 heterocycles. The number of carbonyl (C=O) groups is 1. The van der Waals surface area contributed by atoms with Crippen LogP contribution in [0.5, 0.6) is 0 Å². The van der Waals surface area contributed by atoms with Crippen molar-refractivity contribution in [1.29, 1.82) is 0 Å². The van der Waals surface area contributed by atoms with Gasteiger partial charge in [-0.1, -0.05) is 30.3 Å². The number of fused-ring (bicyclic) bond motifs is 1. The van der Waals surface area contributed by atoms with Gasteiger partial charge in [-0.25, -0.2) is 4.79 Å². The minimum atomic E-state index is -0.308. The van der Waals surface area contributed by atoms with Crippen LogP contribution < -0.4 is 10.6 Å². The van der Waals surface area contributed by atoms with Gasteiger partial charge in [0, 0.05) is 12.6 Å². The van der Waals surface area contributed by atoms with Crippen LogP contribution in [0.1, 0.15) is 12.0 Å². The Labute approximate surface area is 100 Å². The molecule has 2 N–H and O–H groups in total. The molecule has 4 nitrogen and oxygen atoms in total. The van der Waals surface area contributed by atoms with E-state index >= 15 is 0 Å². The van der Waals surface area contributed by atoms with E-state index in [0.717, 1.165) is 12.1 Å². The topological polar surface area (TPSA) is 50.4 Å². The number of amides is 1. The van der Waals surface area contributed by atoms with E-state index < -0.39 is 0 Å². The Bertz CT molecular complexity index is 393. The van der Waals surface area contributed by atoms with Crippen molar-refractivity contribution in [3.8, 4) is 0 Å². The molecule has 0 aromatic heterocycles. The third-order valence-corrected chi connectivity index (χ3v) is 3.64. The lowest BCUT2D eigenvalue weighted by Gasteiger charge is -2.34. The van der Waals surface area contributed by atoms with Crippen LogP contribution in [0.15, 0.2) is 30.3 Å². The first-order valence-electron chi connectivity index (χ1n) is 6.03. The van der Waals surface area contributed by atoms with E-state index in [1.165, 1.54) is 6.42 Å². The number of ether oxygens (including phenoxy) is 1. The smallest absolute Gasteiger partial charge is 0.407 e. The number of benzene rings is 1. The zero-order valence-electron chi connectivity index (χ0n) is 9.56. The molecule has 3 atom stereocenters. The molecule has 2 aliphatic heterocycles. The summed E-state index contributed by atoms with van der Waals surface area (Å²) in [6.07, 6.45) is 0.876. The molecule has 3 unspecified atom stereocenters. The fraction of sp³-hybridized carbons (Fsp3) is 0.462. The minimum absolute atomic E-state index is 0.276. The van der Waals surface area contributed by atoms with Crippen molar-refractivity contribution in [2.75, 3.05) is 6.54 Å². The molecule has 1 aromatic carbocycles. The van der Waals surface area contributed by atoms with Gasteiger partial charge in [-0.2, -0.15) is 0 Å². The normalized spacial score (nSPS) is 29.5. The molecule has 1 aliphatic carbocycles. The predicted octanol–water partition coefficient (Wildman–Crippen LogP) is 1.27. The van der Waals surface area contributed by atoms with Crippen LogP contribution in [-0.2, 0) is 11.3 Å². The summed E-state index contributed by atoms with van der Waals surface area (Å²) in [7, 11) is 0. The Kier molecular flexibility index (Phi) is 2.73. The average molecular weight is 232 g/mol. The number of hydrogen-bond donors (Lipinski definition) is 2. The minimum Gasteiger partial charge on any atom is -0.445 e. The first-order chi connectivity index (χ1) is 8.33. The van der Waals surface area contributed by atoms with Gasteiger partial charge in [0.2, 0.25) is 0 Å². The number of alkyl carbamates (subject to hydrolysis) is 1. The van der Waals surface area contributed by atoms with Gasteiger partial charge in [-0.05, 0) is 17.9 Å². The lowest BCUT2D eigenvalue weighted by molar-refractivity contribution is 0.123. The van der Waals surface area contributed by atoms with E-state index in [4.69, 9.17) is 4.74 Å². The third-order valence-electron chi connectivity index (χ3n) is 3.64. The Balaban J connectivity index is 1.45. The van der Waals surface area contributed by atoms with Crippen LogP contribution in [0, 0.1) is 5.92 Å². The molecule has 1 amide bonds. The highest BCUT2D eigenvalue weighted by Crippen LogP contribution is 2.33. The van der Waals surface area contributed by atoms with Crippen molar-refractivity contribution in [2.24, 2.45) is 5.92 Å². The molecule has 1 aromatic rings. The molecule has 0 spiro atoms. The number of carbonyl (C=O) groups excluding carboxylic acids is 1. The van der Waals surface area contributed by atoms with Crippen LogP contribution in [0.25, 0.3) is 0 Å². The summed E-state index contributed by atoms with van der Waals surface area (Å²) in [5.74, 6) is 0.601. The van der Waals surface area contributed by atoms with Crippen molar-refractivity contribution in [2.45, 2.75) is 25.1 Å². The number of hydrogen-bond acceptors (Lipinski definition) is 3. The predicted molar refractivity (Wildman–Crippen MR) is 63.4 cm³/mol. The van der Waals surface area contributed by atoms with Crippen molar-refractivity contribution in [3.63, 3.8) is 0 Å². The molecular formula is C13H16N2O2. The van der Waals surface area contributed by atoms with Gasteiger partial charge in [-0.15, -0.1) is 0 Å². The van der Waals surface area contributed by atoms with E-state index in [-0.39, 0.29) is 12.1 Å². The zero-order valence-corrected chi connectivity index (χ0v) is 9.56. The molecule has 4 heteroatoms. The van der Waals surface area contributed by atoms with E-state index in [1.807, 2.05) is 30.3 Å². The Morgan fingerprint density at radius 2 is 2.24 bits per heavy atom. The van der Waals surface area contributed by atoms with Gasteiger partial charge >= 0.3 is 6.09 Å². The molecule has 3 fully saturated rings. The Morgan fingerprint density at radius 1 is 1.41 bits per heavy atom.